The fourth-order valence-electron chi connectivity index (χ4n) is 1.54. The Balaban J connectivity index is 2.93. The first-order chi connectivity index (χ1) is 7.63. The molecular formula is C14H20BrNO. The van der Waals surface area contributed by atoms with Crippen molar-refractivity contribution in [2.75, 3.05) is 0 Å². The number of aryl methyl sites for hydroxylation is 1. The fourth-order valence-corrected chi connectivity index (χ4v) is 1.64. The van der Waals surface area contributed by atoms with Gasteiger partial charge in [0.05, 0.1) is 9.86 Å². The number of carbonyl (C=O) groups is 1. The third-order valence-electron chi connectivity index (χ3n) is 2.71. The molecule has 1 rings (SSSR count). The summed E-state index contributed by atoms with van der Waals surface area (Å²) in [6.45, 7) is 9.76. The molecule has 0 aromatic heterocycles. The maximum Gasteiger partial charge on any atom is 0.237 e. The van der Waals surface area contributed by atoms with Crippen molar-refractivity contribution in [1.29, 1.82) is 0 Å². The van der Waals surface area contributed by atoms with Crippen LogP contribution in [0.3, 0.4) is 0 Å². The second-order valence-corrected chi connectivity index (χ2v) is 7.40. The first-order valence-electron chi connectivity index (χ1n) is 5.71. The summed E-state index contributed by atoms with van der Waals surface area (Å²) in [7, 11) is 0. The Bertz CT molecular complexity index is 418. The summed E-state index contributed by atoms with van der Waals surface area (Å²) in [6, 6.07) is 8.20. The minimum absolute atomic E-state index is 0.0102. The lowest BCUT2D eigenvalue weighted by atomic mass is 9.92. The molecule has 1 N–H and O–H groups in total. The predicted molar refractivity (Wildman–Crippen MR) is 75.4 cm³/mol. The van der Waals surface area contributed by atoms with E-state index in [2.05, 4.69) is 40.3 Å². The van der Waals surface area contributed by atoms with Gasteiger partial charge in [0.2, 0.25) is 5.91 Å². The molecule has 3 heteroatoms. The summed E-state index contributed by atoms with van der Waals surface area (Å²) in [5.74, 6) is -0.0102. The van der Waals surface area contributed by atoms with Crippen LogP contribution in [0.5, 0.6) is 0 Å². The van der Waals surface area contributed by atoms with Gasteiger partial charge in [0.25, 0.3) is 0 Å². The van der Waals surface area contributed by atoms with E-state index in [1.54, 1.807) is 0 Å². The van der Waals surface area contributed by atoms with E-state index in [1.165, 1.54) is 5.56 Å². The molecule has 2 nitrogen and oxygen atoms in total. The zero-order valence-electron chi connectivity index (χ0n) is 11.1. The summed E-state index contributed by atoms with van der Waals surface area (Å²) < 4.78 is -0.548. The molecule has 1 amide bonds. The Labute approximate surface area is 112 Å². The third-order valence-corrected chi connectivity index (χ3v) is 3.07. The van der Waals surface area contributed by atoms with Gasteiger partial charge in [-0.05, 0) is 40.2 Å². The largest absolute Gasteiger partial charge is 0.346 e. The Morgan fingerprint density at radius 3 is 2.29 bits per heavy atom. The molecule has 1 aromatic carbocycles. The highest BCUT2D eigenvalue weighted by atomic mass is 79.9. The molecule has 0 atom stereocenters. The van der Waals surface area contributed by atoms with Crippen LogP contribution in [0.4, 0.5) is 0 Å². The maximum absolute atomic E-state index is 12.0. The van der Waals surface area contributed by atoms with Crippen molar-refractivity contribution in [1.82, 2.24) is 5.32 Å². The number of hydrogen-bond acceptors (Lipinski definition) is 1. The van der Waals surface area contributed by atoms with Crippen molar-refractivity contribution >= 4 is 21.8 Å². The monoisotopic (exact) mass is 297 g/mol. The van der Waals surface area contributed by atoms with Gasteiger partial charge < -0.3 is 5.32 Å². The summed E-state index contributed by atoms with van der Waals surface area (Å²) >= 11 is 3.37. The van der Waals surface area contributed by atoms with Crippen LogP contribution in [-0.2, 0) is 10.3 Å². The van der Waals surface area contributed by atoms with Crippen LogP contribution < -0.4 is 5.32 Å². The molecule has 0 fully saturated rings. The summed E-state index contributed by atoms with van der Waals surface area (Å²) in [6.07, 6.45) is 0. The molecule has 0 unspecified atom stereocenters. The number of rotatable bonds is 3. The van der Waals surface area contributed by atoms with Crippen LogP contribution in [-0.4, -0.2) is 10.2 Å². The lowest BCUT2D eigenvalue weighted by Gasteiger charge is -2.30. The Kier molecular flexibility index (Phi) is 4.03. The molecule has 0 heterocycles. The fraction of sp³-hybridized carbons (Fsp3) is 0.500. The van der Waals surface area contributed by atoms with E-state index >= 15 is 0 Å². The number of benzene rings is 1. The molecule has 0 bridgehead atoms. The smallest absolute Gasteiger partial charge is 0.237 e. The zero-order valence-corrected chi connectivity index (χ0v) is 12.7. The predicted octanol–water partition coefficient (Wildman–Crippen LogP) is 3.52. The number of amides is 1. The SMILES string of the molecule is Cc1cccc(C(C)(C)NC(=O)C(C)(C)Br)c1. The van der Waals surface area contributed by atoms with Crippen molar-refractivity contribution in [3.05, 3.63) is 35.4 Å². The van der Waals surface area contributed by atoms with Gasteiger partial charge in [0.1, 0.15) is 0 Å². The highest BCUT2D eigenvalue weighted by Gasteiger charge is 2.30. The topological polar surface area (TPSA) is 29.1 Å². The minimum Gasteiger partial charge on any atom is -0.346 e. The Morgan fingerprint density at radius 2 is 1.82 bits per heavy atom. The molecule has 17 heavy (non-hydrogen) atoms. The summed E-state index contributed by atoms with van der Waals surface area (Å²) in [5.41, 5.74) is 1.94. The van der Waals surface area contributed by atoms with Crippen molar-refractivity contribution in [3.63, 3.8) is 0 Å². The molecule has 0 spiro atoms. The number of carbonyl (C=O) groups excluding carboxylic acids is 1. The quantitative estimate of drug-likeness (QED) is 0.850. The average Bonchev–Trinajstić information content (AvgIpc) is 2.15. The van der Waals surface area contributed by atoms with Gasteiger partial charge in [-0.25, -0.2) is 0 Å². The van der Waals surface area contributed by atoms with Crippen molar-refractivity contribution in [2.45, 2.75) is 44.5 Å². The molecule has 0 aliphatic heterocycles. The second kappa shape index (κ2) is 4.81. The first-order valence-corrected chi connectivity index (χ1v) is 6.51. The van der Waals surface area contributed by atoms with E-state index < -0.39 is 4.32 Å². The van der Waals surface area contributed by atoms with Crippen molar-refractivity contribution < 1.29 is 4.79 Å². The van der Waals surface area contributed by atoms with Crippen molar-refractivity contribution in [2.24, 2.45) is 0 Å². The van der Waals surface area contributed by atoms with E-state index in [1.807, 2.05) is 39.8 Å². The summed E-state index contributed by atoms with van der Waals surface area (Å²) in [4.78, 5) is 12.0. The zero-order chi connectivity index (χ0) is 13.3. The van der Waals surface area contributed by atoms with E-state index in [0.29, 0.717) is 0 Å². The van der Waals surface area contributed by atoms with Crippen LogP contribution in [0.15, 0.2) is 24.3 Å². The van der Waals surface area contributed by atoms with Gasteiger partial charge in [-0.3, -0.25) is 4.79 Å². The van der Waals surface area contributed by atoms with Gasteiger partial charge in [-0.2, -0.15) is 0 Å². The van der Waals surface area contributed by atoms with Gasteiger partial charge >= 0.3 is 0 Å². The molecular weight excluding hydrogens is 278 g/mol. The third kappa shape index (κ3) is 3.84. The average molecular weight is 298 g/mol. The highest BCUT2D eigenvalue weighted by molar-refractivity contribution is 9.10. The van der Waals surface area contributed by atoms with Crippen LogP contribution in [0, 0.1) is 6.92 Å². The Hall–Kier alpha value is -0.830. The Morgan fingerprint density at radius 1 is 1.24 bits per heavy atom. The van der Waals surface area contributed by atoms with E-state index in [0.717, 1.165) is 5.56 Å². The molecule has 1 aromatic rings. The van der Waals surface area contributed by atoms with Gasteiger partial charge in [0, 0.05) is 0 Å². The van der Waals surface area contributed by atoms with E-state index in [4.69, 9.17) is 0 Å². The lowest BCUT2D eigenvalue weighted by Crippen LogP contribution is -2.47. The molecule has 0 saturated carbocycles. The van der Waals surface area contributed by atoms with Gasteiger partial charge in [0.15, 0.2) is 0 Å². The van der Waals surface area contributed by atoms with Gasteiger partial charge in [-0.1, -0.05) is 45.8 Å². The molecule has 0 saturated heterocycles. The summed E-state index contributed by atoms with van der Waals surface area (Å²) in [5, 5.41) is 3.05. The number of halogens is 1. The lowest BCUT2D eigenvalue weighted by molar-refractivity contribution is -0.124. The molecule has 94 valence electrons. The minimum atomic E-state index is -0.548. The van der Waals surface area contributed by atoms with Crippen LogP contribution in [0.2, 0.25) is 0 Å². The highest BCUT2D eigenvalue weighted by Crippen LogP contribution is 2.24. The van der Waals surface area contributed by atoms with Crippen LogP contribution >= 0.6 is 15.9 Å². The molecule has 0 radical (unpaired) electrons. The van der Waals surface area contributed by atoms with E-state index in [-0.39, 0.29) is 11.4 Å². The van der Waals surface area contributed by atoms with Crippen LogP contribution in [0.25, 0.3) is 0 Å². The van der Waals surface area contributed by atoms with Crippen molar-refractivity contribution in [3.8, 4) is 0 Å². The second-order valence-electron chi connectivity index (χ2n) is 5.42. The molecule has 0 aliphatic rings. The van der Waals surface area contributed by atoms with E-state index in [9.17, 15) is 4.79 Å². The maximum atomic E-state index is 12.0. The first kappa shape index (κ1) is 14.2. The number of alkyl halides is 1. The molecule has 0 aliphatic carbocycles. The van der Waals surface area contributed by atoms with Gasteiger partial charge in [-0.15, -0.1) is 0 Å². The number of nitrogens with one attached hydrogen (secondary N) is 1. The standard InChI is InChI=1S/C14H20BrNO/c1-10-7-6-8-11(9-10)14(4,5)16-12(17)13(2,3)15/h6-9H,1-5H3,(H,16,17). The van der Waals surface area contributed by atoms with Crippen LogP contribution in [0.1, 0.15) is 38.8 Å². The normalized spacial score (nSPS) is 12.4. The number of hydrogen-bond donors (Lipinski definition) is 1.